The number of alkyl halides is 6. The van der Waals surface area contributed by atoms with Gasteiger partial charge >= 0.3 is 18.4 Å². The molecule has 0 atom stereocenters. The number of rotatable bonds is 3. The van der Waals surface area contributed by atoms with Gasteiger partial charge in [-0.25, -0.2) is 4.79 Å². The quantitative estimate of drug-likeness (QED) is 0.828. The Morgan fingerprint density at radius 3 is 2.25 bits per heavy atom. The fourth-order valence-corrected chi connectivity index (χ4v) is 1.28. The SMILES string of the molecule is O=C(NCc1cccc(C(F)(F)F)c1)NCC(F)(F)F. The van der Waals surface area contributed by atoms with Gasteiger partial charge in [-0.05, 0) is 17.7 Å². The Labute approximate surface area is 110 Å². The first-order chi connectivity index (χ1) is 9.08. The first-order valence-corrected chi connectivity index (χ1v) is 5.32. The topological polar surface area (TPSA) is 41.1 Å². The van der Waals surface area contributed by atoms with Crippen LogP contribution in [0.1, 0.15) is 11.1 Å². The Bertz CT molecular complexity index is 469. The fourth-order valence-electron chi connectivity index (χ4n) is 1.28. The van der Waals surface area contributed by atoms with Crippen molar-refractivity contribution in [2.24, 2.45) is 0 Å². The minimum Gasteiger partial charge on any atom is -0.334 e. The van der Waals surface area contributed by atoms with Crippen molar-refractivity contribution in [3.8, 4) is 0 Å². The second kappa shape index (κ2) is 6.02. The number of carbonyl (C=O) groups excluding carboxylic acids is 1. The van der Waals surface area contributed by atoms with E-state index in [1.807, 2.05) is 5.32 Å². The van der Waals surface area contributed by atoms with Crippen molar-refractivity contribution in [3.63, 3.8) is 0 Å². The Kier molecular flexibility index (Phi) is 4.85. The highest BCUT2D eigenvalue weighted by Crippen LogP contribution is 2.29. The highest BCUT2D eigenvalue weighted by molar-refractivity contribution is 5.73. The first kappa shape index (κ1) is 16.1. The summed E-state index contributed by atoms with van der Waals surface area (Å²) in [4.78, 5) is 11.0. The number of urea groups is 1. The number of hydrogen-bond donors (Lipinski definition) is 2. The highest BCUT2D eigenvalue weighted by atomic mass is 19.4. The molecule has 0 aliphatic carbocycles. The lowest BCUT2D eigenvalue weighted by molar-refractivity contribution is -0.137. The molecule has 1 rings (SSSR count). The van der Waals surface area contributed by atoms with Crippen LogP contribution in [0.2, 0.25) is 0 Å². The predicted molar refractivity (Wildman–Crippen MR) is 57.7 cm³/mol. The van der Waals surface area contributed by atoms with Gasteiger partial charge in [0.15, 0.2) is 0 Å². The maximum atomic E-state index is 12.4. The van der Waals surface area contributed by atoms with Gasteiger partial charge in [-0.3, -0.25) is 0 Å². The van der Waals surface area contributed by atoms with Crippen molar-refractivity contribution < 1.29 is 31.1 Å². The van der Waals surface area contributed by atoms with E-state index in [1.165, 1.54) is 6.07 Å². The van der Waals surface area contributed by atoms with Crippen LogP contribution < -0.4 is 10.6 Å². The summed E-state index contributed by atoms with van der Waals surface area (Å²) in [7, 11) is 0. The lowest BCUT2D eigenvalue weighted by Gasteiger charge is -2.11. The number of halogens is 6. The molecule has 0 heterocycles. The van der Waals surface area contributed by atoms with Crippen LogP contribution >= 0.6 is 0 Å². The van der Waals surface area contributed by atoms with Gasteiger partial charge in [0.2, 0.25) is 0 Å². The van der Waals surface area contributed by atoms with E-state index in [1.54, 1.807) is 5.32 Å². The lowest BCUT2D eigenvalue weighted by Crippen LogP contribution is -2.40. The second-order valence-corrected chi connectivity index (χ2v) is 3.85. The monoisotopic (exact) mass is 300 g/mol. The summed E-state index contributed by atoms with van der Waals surface area (Å²) in [5, 5.41) is 3.57. The van der Waals surface area contributed by atoms with E-state index in [4.69, 9.17) is 0 Å². The van der Waals surface area contributed by atoms with Crippen LogP contribution in [0.3, 0.4) is 0 Å². The zero-order valence-corrected chi connectivity index (χ0v) is 9.90. The molecule has 1 aromatic rings. The van der Waals surface area contributed by atoms with Crippen LogP contribution in [0.4, 0.5) is 31.1 Å². The van der Waals surface area contributed by atoms with E-state index in [9.17, 15) is 31.1 Å². The summed E-state index contributed by atoms with van der Waals surface area (Å²) in [6.45, 7) is -1.82. The van der Waals surface area contributed by atoms with Crippen molar-refractivity contribution in [1.82, 2.24) is 10.6 Å². The smallest absolute Gasteiger partial charge is 0.334 e. The minimum atomic E-state index is -4.55. The summed E-state index contributed by atoms with van der Waals surface area (Å²) < 4.78 is 72.6. The molecule has 0 spiro atoms. The zero-order chi connectivity index (χ0) is 15.4. The van der Waals surface area contributed by atoms with Gasteiger partial charge in [0, 0.05) is 6.54 Å². The summed E-state index contributed by atoms with van der Waals surface area (Å²) in [5.74, 6) is 0. The molecule has 0 aromatic heterocycles. The second-order valence-electron chi connectivity index (χ2n) is 3.85. The van der Waals surface area contributed by atoms with Gasteiger partial charge in [0.25, 0.3) is 0 Å². The maximum Gasteiger partial charge on any atom is 0.416 e. The largest absolute Gasteiger partial charge is 0.416 e. The van der Waals surface area contributed by atoms with E-state index >= 15 is 0 Å². The van der Waals surface area contributed by atoms with Gasteiger partial charge in [0.1, 0.15) is 6.54 Å². The third-order valence-corrected chi connectivity index (χ3v) is 2.16. The predicted octanol–water partition coefficient (Wildman–Crippen LogP) is 3.07. The molecule has 0 aliphatic rings. The Morgan fingerprint density at radius 2 is 1.70 bits per heavy atom. The molecule has 0 saturated heterocycles. The van der Waals surface area contributed by atoms with Gasteiger partial charge in [0.05, 0.1) is 5.56 Å². The summed E-state index contributed by atoms with van der Waals surface area (Å²) in [6, 6.07) is 3.02. The number of nitrogens with one attached hydrogen (secondary N) is 2. The van der Waals surface area contributed by atoms with Crippen LogP contribution in [-0.4, -0.2) is 18.8 Å². The molecule has 1 aromatic carbocycles. The molecule has 112 valence electrons. The molecular weight excluding hydrogens is 290 g/mol. The van der Waals surface area contributed by atoms with Crippen molar-refractivity contribution >= 4 is 6.03 Å². The number of amides is 2. The highest BCUT2D eigenvalue weighted by Gasteiger charge is 2.30. The van der Waals surface area contributed by atoms with Gasteiger partial charge < -0.3 is 10.6 Å². The molecule has 20 heavy (non-hydrogen) atoms. The molecule has 0 aliphatic heterocycles. The Hall–Kier alpha value is -1.93. The molecule has 0 saturated carbocycles. The van der Waals surface area contributed by atoms with Gasteiger partial charge in [-0.15, -0.1) is 0 Å². The zero-order valence-electron chi connectivity index (χ0n) is 9.90. The summed E-state index contributed by atoms with van der Waals surface area (Å²) >= 11 is 0. The van der Waals surface area contributed by atoms with Crippen LogP contribution in [0.5, 0.6) is 0 Å². The standard InChI is InChI=1S/C11H10F6N2O/c12-10(13,14)6-19-9(20)18-5-7-2-1-3-8(4-7)11(15,16)17/h1-4H,5-6H2,(H2,18,19,20). The third-order valence-electron chi connectivity index (χ3n) is 2.16. The van der Waals surface area contributed by atoms with Gasteiger partial charge in [-0.2, -0.15) is 26.3 Å². The summed E-state index contributed by atoms with van der Waals surface area (Å²) in [6.07, 6.45) is -9.07. The van der Waals surface area contributed by atoms with E-state index in [0.717, 1.165) is 18.2 Å². The van der Waals surface area contributed by atoms with E-state index in [-0.39, 0.29) is 12.1 Å². The number of benzene rings is 1. The lowest BCUT2D eigenvalue weighted by atomic mass is 10.1. The molecular formula is C11H10F6N2O. The average Bonchev–Trinajstić information content (AvgIpc) is 2.32. The molecule has 0 unspecified atom stereocenters. The molecule has 0 bridgehead atoms. The third kappa shape index (κ3) is 5.81. The van der Waals surface area contributed by atoms with E-state index in [0.29, 0.717) is 0 Å². The van der Waals surface area contributed by atoms with Crippen LogP contribution in [-0.2, 0) is 12.7 Å². The molecule has 9 heteroatoms. The normalized spacial score (nSPS) is 12.1. The number of carbonyl (C=O) groups is 1. The van der Waals surface area contributed by atoms with Crippen molar-refractivity contribution in [1.29, 1.82) is 0 Å². The van der Waals surface area contributed by atoms with E-state index in [2.05, 4.69) is 0 Å². The number of hydrogen-bond acceptors (Lipinski definition) is 1. The first-order valence-electron chi connectivity index (χ1n) is 5.32. The summed E-state index contributed by atoms with van der Waals surface area (Å²) in [5.41, 5.74) is -0.769. The van der Waals surface area contributed by atoms with Crippen LogP contribution in [0, 0.1) is 0 Å². The molecule has 3 nitrogen and oxygen atoms in total. The maximum absolute atomic E-state index is 12.4. The van der Waals surface area contributed by atoms with Crippen molar-refractivity contribution in [2.45, 2.75) is 18.9 Å². The minimum absolute atomic E-state index is 0.127. The van der Waals surface area contributed by atoms with Crippen LogP contribution in [0.25, 0.3) is 0 Å². The van der Waals surface area contributed by atoms with Crippen molar-refractivity contribution in [2.75, 3.05) is 6.54 Å². The molecule has 0 fully saturated rings. The van der Waals surface area contributed by atoms with Crippen molar-refractivity contribution in [3.05, 3.63) is 35.4 Å². The Morgan fingerprint density at radius 1 is 1.05 bits per heavy atom. The van der Waals surface area contributed by atoms with E-state index < -0.39 is 30.5 Å². The average molecular weight is 300 g/mol. The van der Waals surface area contributed by atoms with Crippen LogP contribution in [0.15, 0.2) is 24.3 Å². The van der Waals surface area contributed by atoms with Gasteiger partial charge in [-0.1, -0.05) is 12.1 Å². The molecule has 2 N–H and O–H groups in total. The molecule has 2 amide bonds. The Balaban J connectivity index is 2.52. The molecule has 0 radical (unpaired) electrons. The fraction of sp³-hybridized carbons (Fsp3) is 0.364.